The van der Waals surface area contributed by atoms with Gasteiger partial charge in [-0.1, -0.05) is 0 Å². The van der Waals surface area contributed by atoms with E-state index in [1.54, 1.807) is 17.8 Å². The molecule has 3 nitrogen and oxygen atoms in total. The van der Waals surface area contributed by atoms with Gasteiger partial charge in [-0.2, -0.15) is 13.2 Å². The van der Waals surface area contributed by atoms with Gasteiger partial charge < -0.3 is 15.0 Å². The highest BCUT2D eigenvalue weighted by molar-refractivity contribution is 5.84. The third kappa shape index (κ3) is 2.90. The number of hydrogen-bond acceptors (Lipinski definition) is 2. The molecule has 0 aliphatic heterocycles. The van der Waals surface area contributed by atoms with E-state index in [9.17, 15) is 13.2 Å². The molecule has 0 aliphatic carbocycles. The lowest BCUT2D eigenvalue weighted by atomic mass is 10.1. The smallest absolute Gasteiger partial charge is 0.395 e. The molecule has 104 valence electrons. The highest BCUT2D eigenvalue weighted by atomic mass is 19.4. The van der Waals surface area contributed by atoms with Gasteiger partial charge in [0.25, 0.3) is 0 Å². The molecular weight excluding hydrogens is 257 g/mol. The summed E-state index contributed by atoms with van der Waals surface area (Å²) in [4.78, 5) is 0. The quantitative estimate of drug-likeness (QED) is 0.838. The van der Waals surface area contributed by atoms with E-state index in [1.807, 2.05) is 0 Å². The van der Waals surface area contributed by atoms with Crippen LogP contribution in [0, 0.1) is 0 Å². The van der Waals surface area contributed by atoms with Crippen molar-refractivity contribution in [1.82, 2.24) is 9.88 Å². The van der Waals surface area contributed by atoms with Crippen LogP contribution in [0.2, 0.25) is 0 Å². The van der Waals surface area contributed by atoms with Crippen LogP contribution in [-0.4, -0.2) is 22.8 Å². The number of aromatic nitrogens is 1. The first-order valence-corrected chi connectivity index (χ1v) is 5.90. The minimum absolute atomic E-state index is 0.00142. The number of rotatable bonds is 4. The summed E-state index contributed by atoms with van der Waals surface area (Å²) in [5.74, 6) is 0. The number of aliphatic hydroxyl groups is 1. The van der Waals surface area contributed by atoms with E-state index in [1.165, 1.54) is 12.1 Å². The van der Waals surface area contributed by atoms with E-state index in [2.05, 4.69) is 5.32 Å². The SMILES string of the molecule is Cn1cc(CNCCO)c2cc(C(F)(F)F)ccc21. The molecule has 0 bridgehead atoms. The Balaban J connectivity index is 2.41. The van der Waals surface area contributed by atoms with Crippen LogP contribution in [0.1, 0.15) is 11.1 Å². The highest BCUT2D eigenvalue weighted by Crippen LogP contribution is 2.32. The summed E-state index contributed by atoms with van der Waals surface area (Å²) >= 11 is 0. The van der Waals surface area contributed by atoms with Crippen molar-refractivity contribution in [2.45, 2.75) is 12.7 Å². The summed E-state index contributed by atoms with van der Waals surface area (Å²) in [6, 6.07) is 3.74. The molecular formula is C13H15F3N2O. The van der Waals surface area contributed by atoms with Crippen LogP contribution >= 0.6 is 0 Å². The van der Waals surface area contributed by atoms with Gasteiger partial charge in [0.05, 0.1) is 12.2 Å². The number of benzene rings is 1. The van der Waals surface area contributed by atoms with E-state index >= 15 is 0 Å². The predicted octanol–water partition coefficient (Wildman–Crippen LogP) is 2.28. The average molecular weight is 272 g/mol. The van der Waals surface area contributed by atoms with Gasteiger partial charge in [0.15, 0.2) is 0 Å². The van der Waals surface area contributed by atoms with Crippen molar-refractivity contribution >= 4 is 10.9 Å². The van der Waals surface area contributed by atoms with Gasteiger partial charge in [-0.25, -0.2) is 0 Å². The van der Waals surface area contributed by atoms with Gasteiger partial charge in [-0.05, 0) is 23.8 Å². The molecule has 2 aromatic rings. The second-order valence-corrected chi connectivity index (χ2v) is 4.40. The molecule has 1 heterocycles. The van der Waals surface area contributed by atoms with Crippen molar-refractivity contribution in [3.05, 3.63) is 35.5 Å². The van der Waals surface area contributed by atoms with E-state index in [0.717, 1.165) is 17.1 Å². The molecule has 0 fully saturated rings. The summed E-state index contributed by atoms with van der Waals surface area (Å²) in [6.07, 6.45) is -2.53. The Bertz CT molecular complexity index is 575. The molecule has 1 aromatic heterocycles. The molecule has 0 amide bonds. The fourth-order valence-electron chi connectivity index (χ4n) is 2.09. The van der Waals surface area contributed by atoms with Crippen LogP contribution in [-0.2, 0) is 19.8 Å². The fraction of sp³-hybridized carbons (Fsp3) is 0.385. The van der Waals surface area contributed by atoms with Gasteiger partial charge in [-0.15, -0.1) is 0 Å². The second-order valence-electron chi connectivity index (χ2n) is 4.40. The molecule has 1 aromatic carbocycles. The van der Waals surface area contributed by atoms with E-state index in [0.29, 0.717) is 18.5 Å². The lowest BCUT2D eigenvalue weighted by Crippen LogP contribution is -2.17. The molecule has 0 unspecified atom stereocenters. The number of aryl methyl sites for hydroxylation is 1. The maximum Gasteiger partial charge on any atom is 0.416 e. The van der Waals surface area contributed by atoms with Gasteiger partial charge in [0, 0.05) is 37.2 Å². The first-order valence-electron chi connectivity index (χ1n) is 5.90. The first-order chi connectivity index (χ1) is 8.93. The zero-order valence-electron chi connectivity index (χ0n) is 10.5. The van der Waals surface area contributed by atoms with Crippen molar-refractivity contribution in [2.75, 3.05) is 13.2 Å². The molecule has 0 radical (unpaired) electrons. The van der Waals surface area contributed by atoms with Crippen molar-refractivity contribution in [3.63, 3.8) is 0 Å². The molecule has 0 saturated carbocycles. The minimum Gasteiger partial charge on any atom is -0.395 e. The summed E-state index contributed by atoms with van der Waals surface area (Å²) in [6.45, 7) is 0.840. The number of halogens is 3. The third-order valence-electron chi connectivity index (χ3n) is 3.00. The maximum atomic E-state index is 12.7. The van der Waals surface area contributed by atoms with Crippen LogP contribution in [0.15, 0.2) is 24.4 Å². The fourth-order valence-corrected chi connectivity index (χ4v) is 2.09. The van der Waals surface area contributed by atoms with E-state index < -0.39 is 11.7 Å². The Kier molecular flexibility index (Phi) is 3.82. The van der Waals surface area contributed by atoms with Gasteiger partial charge in [0.2, 0.25) is 0 Å². The van der Waals surface area contributed by atoms with Gasteiger partial charge in [-0.3, -0.25) is 0 Å². The number of alkyl halides is 3. The number of fused-ring (bicyclic) bond motifs is 1. The predicted molar refractivity (Wildman–Crippen MR) is 66.7 cm³/mol. The number of nitrogens with zero attached hydrogens (tertiary/aromatic N) is 1. The third-order valence-corrected chi connectivity index (χ3v) is 3.00. The van der Waals surface area contributed by atoms with E-state index in [4.69, 9.17) is 5.11 Å². The lowest BCUT2D eigenvalue weighted by molar-refractivity contribution is -0.137. The summed E-state index contributed by atoms with van der Waals surface area (Å²) in [5, 5.41) is 12.3. The second kappa shape index (κ2) is 5.22. The Labute approximate surface area is 108 Å². The topological polar surface area (TPSA) is 37.2 Å². The Morgan fingerprint density at radius 2 is 2.05 bits per heavy atom. The van der Waals surface area contributed by atoms with E-state index in [-0.39, 0.29) is 6.61 Å². The van der Waals surface area contributed by atoms with Crippen LogP contribution < -0.4 is 5.32 Å². The van der Waals surface area contributed by atoms with Gasteiger partial charge >= 0.3 is 6.18 Å². The summed E-state index contributed by atoms with van der Waals surface area (Å²) in [7, 11) is 1.80. The molecule has 2 N–H and O–H groups in total. The molecule has 19 heavy (non-hydrogen) atoms. The molecule has 0 atom stereocenters. The largest absolute Gasteiger partial charge is 0.416 e. The zero-order valence-corrected chi connectivity index (χ0v) is 10.5. The Morgan fingerprint density at radius 1 is 1.32 bits per heavy atom. The molecule has 0 spiro atoms. The normalized spacial score (nSPS) is 12.3. The Hall–Kier alpha value is -1.53. The number of aliphatic hydroxyl groups excluding tert-OH is 1. The van der Waals surface area contributed by atoms with Crippen molar-refractivity contribution < 1.29 is 18.3 Å². The monoisotopic (exact) mass is 272 g/mol. The van der Waals surface area contributed by atoms with Crippen molar-refractivity contribution in [2.24, 2.45) is 7.05 Å². The number of hydrogen-bond donors (Lipinski definition) is 2. The van der Waals surface area contributed by atoms with Crippen molar-refractivity contribution in [3.8, 4) is 0 Å². The molecule has 0 saturated heterocycles. The van der Waals surface area contributed by atoms with Crippen LogP contribution in [0.4, 0.5) is 13.2 Å². The summed E-state index contributed by atoms with van der Waals surface area (Å²) in [5.41, 5.74) is 0.903. The first kappa shape index (κ1) is 13.9. The standard InChI is InChI=1S/C13H15F3N2O/c1-18-8-9(7-17-4-5-19)11-6-10(13(14,15)16)2-3-12(11)18/h2-3,6,8,17,19H,4-5,7H2,1H3. The minimum atomic E-state index is -4.33. The van der Waals surface area contributed by atoms with Gasteiger partial charge in [0.1, 0.15) is 0 Å². The molecule has 0 aliphatic rings. The zero-order chi connectivity index (χ0) is 14.0. The molecule has 6 heteroatoms. The van der Waals surface area contributed by atoms with Crippen LogP contribution in [0.5, 0.6) is 0 Å². The van der Waals surface area contributed by atoms with Crippen LogP contribution in [0.25, 0.3) is 10.9 Å². The molecule has 2 rings (SSSR count). The van der Waals surface area contributed by atoms with Crippen molar-refractivity contribution in [1.29, 1.82) is 0 Å². The highest BCUT2D eigenvalue weighted by Gasteiger charge is 2.30. The van der Waals surface area contributed by atoms with Crippen LogP contribution in [0.3, 0.4) is 0 Å². The maximum absolute atomic E-state index is 12.7. The average Bonchev–Trinajstić information content (AvgIpc) is 2.65. The Morgan fingerprint density at radius 3 is 2.68 bits per heavy atom. The lowest BCUT2D eigenvalue weighted by Gasteiger charge is -2.07. The number of nitrogens with one attached hydrogen (secondary N) is 1. The summed E-state index contributed by atoms with van der Waals surface area (Å²) < 4.78 is 39.9.